The van der Waals surface area contributed by atoms with Crippen LogP contribution in [0.1, 0.15) is 11.1 Å². The number of hydrogen-bond acceptors (Lipinski definition) is 6. The third kappa shape index (κ3) is 3.94. The van der Waals surface area contributed by atoms with Gasteiger partial charge in [-0.15, -0.1) is 4.98 Å². The Labute approximate surface area is 133 Å². The summed E-state index contributed by atoms with van der Waals surface area (Å²) in [6.45, 7) is 1.08. The minimum atomic E-state index is -0.501. The van der Waals surface area contributed by atoms with Crippen LogP contribution in [-0.4, -0.2) is 25.2 Å². The molecular formula is C17H16N4O2. The smallest absolute Gasteiger partial charge is 0.321 e. The first-order valence-electron chi connectivity index (χ1n) is 7.17. The van der Waals surface area contributed by atoms with Gasteiger partial charge in [-0.2, -0.15) is 9.97 Å². The molecule has 1 heterocycles. The Balaban J connectivity index is 1.92. The van der Waals surface area contributed by atoms with Gasteiger partial charge in [0.15, 0.2) is 0 Å². The fourth-order valence-electron chi connectivity index (χ4n) is 2.29. The van der Waals surface area contributed by atoms with Crippen LogP contribution in [0.3, 0.4) is 0 Å². The lowest BCUT2D eigenvalue weighted by Crippen LogP contribution is -2.24. The zero-order valence-electron chi connectivity index (χ0n) is 12.4. The predicted octanol–water partition coefficient (Wildman–Crippen LogP) is 2.49. The van der Waals surface area contributed by atoms with E-state index in [1.165, 1.54) is 0 Å². The van der Waals surface area contributed by atoms with E-state index >= 15 is 0 Å². The summed E-state index contributed by atoms with van der Waals surface area (Å²) in [4.78, 5) is 13.1. The van der Waals surface area contributed by atoms with Crippen molar-refractivity contribution in [1.82, 2.24) is 15.0 Å². The van der Waals surface area contributed by atoms with Gasteiger partial charge in [0.2, 0.25) is 5.95 Å². The van der Waals surface area contributed by atoms with Crippen molar-refractivity contribution in [2.45, 2.75) is 13.1 Å². The van der Waals surface area contributed by atoms with E-state index in [1.54, 1.807) is 0 Å². The molecule has 0 atom stereocenters. The number of hydrogen-bond donors (Lipinski definition) is 2. The Hall–Kier alpha value is -3.15. The maximum absolute atomic E-state index is 9.53. The molecule has 0 spiro atoms. The van der Waals surface area contributed by atoms with E-state index in [2.05, 4.69) is 15.0 Å². The van der Waals surface area contributed by atoms with Crippen LogP contribution in [0.5, 0.6) is 12.0 Å². The van der Waals surface area contributed by atoms with Crippen LogP contribution in [0, 0.1) is 0 Å². The second-order valence-electron chi connectivity index (χ2n) is 5.06. The molecular weight excluding hydrogens is 292 g/mol. The Kier molecular flexibility index (Phi) is 4.33. The van der Waals surface area contributed by atoms with Crippen LogP contribution < -0.4 is 4.90 Å². The molecule has 3 aromatic rings. The van der Waals surface area contributed by atoms with E-state index in [0.29, 0.717) is 13.1 Å². The summed E-state index contributed by atoms with van der Waals surface area (Å²) >= 11 is 0. The van der Waals surface area contributed by atoms with E-state index in [0.717, 1.165) is 11.1 Å². The van der Waals surface area contributed by atoms with Crippen LogP contribution in [0.25, 0.3) is 0 Å². The monoisotopic (exact) mass is 308 g/mol. The number of rotatable bonds is 5. The Morgan fingerprint density at radius 3 is 1.52 bits per heavy atom. The number of anilines is 1. The minimum Gasteiger partial charge on any atom is -0.479 e. The average molecular weight is 308 g/mol. The number of aromatic nitrogens is 3. The van der Waals surface area contributed by atoms with Gasteiger partial charge in [0.1, 0.15) is 0 Å². The normalized spacial score (nSPS) is 10.4. The fraction of sp³-hybridized carbons (Fsp3) is 0.118. The van der Waals surface area contributed by atoms with Crippen molar-refractivity contribution in [3.63, 3.8) is 0 Å². The van der Waals surface area contributed by atoms with Crippen LogP contribution in [0.2, 0.25) is 0 Å². The van der Waals surface area contributed by atoms with Gasteiger partial charge in [0.25, 0.3) is 0 Å². The summed E-state index contributed by atoms with van der Waals surface area (Å²) in [6, 6.07) is 18.7. The number of benzene rings is 2. The summed E-state index contributed by atoms with van der Waals surface area (Å²) in [5.41, 5.74) is 2.14. The van der Waals surface area contributed by atoms with E-state index in [-0.39, 0.29) is 5.95 Å². The standard InChI is InChI=1S/C17H16N4O2/c22-16-18-15(19-17(23)20-16)21(11-13-7-3-1-4-8-13)12-14-9-5-2-6-10-14/h1-10H,11-12H2,(H2,18,19,20,22,23). The van der Waals surface area contributed by atoms with Gasteiger partial charge < -0.3 is 15.1 Å². The Bertz CT molecular complexity index is 704. The van der Waals surface area contributed by atoms with Crippen molar-refractivity contribution in [3.8, 4) is 12.0 Å². The molecule has 6 heteroatoms. The largest absolute Gasteiger partial charge is 0.479 e. The van der Waals surface area contributed by atoms with Crippen molar-refractivity contribution in [2.24, 2.45) is 0 Å². The molecule has 0 amide bonds. The van der Waals surface area contributed by atoms with Crippen molar-refractivity contribution < 1.29 is 10.2 Å². The SMILES string of the molecule is Oc1nc(O)nc(N(Cc2ccccc2)Cc2ccccc2)n1. The molecule has 116 valence electrons. The molecule has 0 aliphatic rings. The fourth-order valence-corrected chi connectivity index (χ4v) is 2.29. The lowest BCUT2D eigenvalue weighted by Gasteiger charge is -2.22. The van der Waals surface area contributed by atoms with Crippen molar-refractivity contribution in [3.05, 3.63) is 71.8 Å². The third-order valence-electron chi connectivity index (χ3n) is 3.32. The van der Waals surface area contributed by atoms with Crippen molar-refractivity contribution >= 4 is 5.95 Å². The first kappa shape index (κ1) is 14.8. The number of aromatic hydroxyl groups is 2. The zero-order chi connectivity index (χ0) is 16.1. The molecule has 1 aromatic heterocycles. The molecule has 0 aliphatic carbocycles. The molecule has 0 saturated heterocycles. The highest BCUT2D eigenvalue weighted by atomic mass is 16.3. The zero-order valence-corrected chi connectivity index (χ0v) is 12.4. The second-order valence-corrected chi connectivity index (χ2v) is 5.06. The minimum absolute atomic E-state index is 0.225. The molecule has 2 aromatic carbocycles. The molecule has 3 rings (SSSR count). The van der Waals surface area contributed by atoms with Gasteiger partial charge >= 0.3 is 12.0 Å². The number of nitrogens with zero attached hydrogens (tertiary/aromatic N) is 4. The maximum Gasteiger partial charge on any atom is 0.321 e. The predicted molar refractivity (Wildman–Crippen MR) is 85.9 cm³/mol. The maximum atomic E-state index is 9.53. The molecule has 2 N–H and O–H groups in total. The van der Waals surface area contributed by atoms with Gasteiger partial charge in [-0.3, -0.25) is 0 Å². The van der Waals surface area contributed by atoms with E-state index in [9.17, 15) is 10.2 Å². The van der Waals surface area contributed by atoms with E-state index in [4.69, 9.17) is 0 Å². The summed E-state index contributed by atoms with van der Waals surface area (Å²) in [5, 5.41) is 19.1. The molecule has 0 unspecified atom stereocenters. The summed E-state index contributed by atoms with van der Waals surface area (Å²) < 4.78 is 0. The molecule has 0 aliphatic heterocycles. The molecule has 0 bridgehead atoms. The first-order chi connectivity index (χ1) is 11.2. The Morgan fingerprint density at radius 2 is 1.09 bits per heavy atom. The van der Waals surface area contributed by atoms with Crippen LogP contribution >= 0.6 is 0 Å². The summed E-state index contributed by atoms with van der Waals surface area (Å²) in [6.07, 6.45) is 0. The van der Waals surface area contributed by atoms with E-state index in [1.807, 2.05) is 65.6 Å². The van der Waals surface area contributed by atoms with Gasteiger partial charge in [-0.1, -0.05) is 60.7 Å². The van der Waals surface area contributed by atoms with Crippen LogP contribution in [-0.2, 0) is 13.1 Å². The van der Waals surface area contributed by atoms with E-state index < -0.39 is 12.0 Å². The molecule has 6 nitrogen and oxygen atoms in total. The molecule has 23 heavy (non-hydrogen) atoms. The molecule has 0 saturated carbocycles. The lowest BCUT2D eigenvalue weighted by atomic mass is 10.2. The van der Waals surface area contributed by atoms with Crippen LogP contribution in [0.15, 0.2) is 60.7 Å². The summed E-state index contributed by atoms with van der Waals surface area (Å²) in [7, 11) is 0. The highest BCUT2D eigenvalue weighted by molar-refractivity contribution is 5.36. The second kappa shape index (κ2) is 6.74. The van der Waals surface area contributed by atoms with Crippen LogP contribution in [0.4, 0.5) is 5.95 Å². The Morgan fingerprint density at radius 1 is 0.652 bits per heavy atom. The highest BCUT2D eigenvalue weighted by Crippen LogP contribution is 2.19. The lowest BCUT2D eigenvalue weighted by molar-refractivity contribution is 0.381. The molecule has 0 radical (unpaired) electrons. The topological polar surface area (TPSA) is 82.4 Å². The third-order valence-corrected chi connectivity index (χ3v) is 3.32. The summed E-state index contributed by atoms with van der Waals surface area (Å²) in [5.74, 6) is 0.225. The average Bonchev–Trinajstić information content (AvgIpc) is 2.55. The van der Waals surface area contributed by atoms with Gasteiger partial charge in [-0.25, -0.2) is 0 Å². The molecule has 0 fully saturated rings. The highest BCUT2D eigenvalue weighted by Gasteiger charge is 2.14. The first-order valence-corrected chi connectivity index (χ1v) is 7.17. The van der Waals surface area contributed by atoms with Crippen molar-refractivity contribution in [1.29, 1.82) is 0 Å². The van der Waals surface area contributed by atoms with Gasteiger partial charge in [-0.05, 0) is 11.1 Å². The van der Waals surface area contributed by atoms with Gasteiger partial charge in [0.05, 0.1) is 0 Å². The van der Waals surface area contributed by atoms with Crippen molar-refractivity contribution in [2.75, 3.05) is 4.90 Å². The quantitative estimate of drug-likeness (QED) is 0.753. The van der Waals surface area contributed by atoms with Gasteiger partial charge in [0, 0.05) is 13.1 Å².